The largest absolute Gasteiger partial charge is 0.544 e. The minimum absolute atomic E-state index is 0.0904. The molecular weight excluding hydrogens is 436 g/mol. The van der Waals surface area contributed by atoms with Crippen molar-refractivity contribution in [2.75, 3.05) is 5.73 Å². The highest BCUT2D eigenvalue weighted by molar-refractivity contribution is 6.75. The number of nitrogens with zero attached hydrogens (tertiary/aromatic N) is 1. The fourth-order valence-electron chi connectivity index (χ4n) is 2.07. The number of nitro groups is 1. The number of hydrogen-bond acceptors (Lipinski definition) is 5. The van der Waals surface area contributed by atoms with Gasteiger partial charge in [-0.2, -0.15) is 0 Å². The molecule has 0 bridgehead atoms. The predicted octanol–water partition coefficient (Wildman–Crippen LogP) is 7.63. The number of nitro benzene ring substituents is 1. The lowest BCUT2D eigenvalue weighted by molar-refractivity contribution is -0.384. The fourth-order valence-corrected chi connectivity index (χ4v) is 4.13. The summed E-state index contributed by atoms with van der Waals surface area (Å²) in [6.45, 7) is 21.9. The summed E-state index contributed by atoms with van der Waals surface area (Å²) in [5, 5.41) is 10.9. The second-order valence-electron chi connectivity index (χ2n) is 11.0. The van der Waals surface area contributed by atoms with Gasteiger partial charge in [0.15, 0.2) is 0 Å². The minimum Gasteiger partial charge on any atom is -0.544 e. The minimum atomic E-state index is -1.86. The van der Waals surface area contributed by atoms with Crippen molar-refractivity contribution >= 4 is 28.0 Å². The van der Waals surface area contributed by atoms with E-state index >= 15 is 0 Å². The number of rotatable bonds is 5. The summed E-state index contributed by atoms with van der Waals surface area (Å²) >= 11 is 0. The maximum atomic E-state index is 10.5. The van der Waals surface area contributed by atoms with E-state index in [0.717, 1.165) is 11.4 Å². The molecule has 0 saturated heterocycles. The summed E-state index contributed by atoms with van der Waals surface area (Å²) in [7, 11) is -3.56. The summed E-state index contributed by atoms with van der Waals surface area (Å²) in [6.07, 6.45) is 0. The summed E-state index contributed by atoms with van der Waals surface area (Å²) in [6, 6.07) is 13.9. The average Bonchev–Trinajstić information content (AvgIpc) is 2.62. The van der Waals surface area contributed by atoms with E-state index in [-0.39, 0.29) is 15.8 Å². The van der Waals surface area contributed by atoms with Gasteiger partial charge in [-0.15, -0.1) is 0 Å². The van der Waals surface area contributed by atoms with Crippen LogP contribution in [0.1, 0.15) is 41.5 Å². The first-order valence-electron chi connectivity index (χ1n) is 10.8. The molecule has 6 nitrogen and oxygen atoms in total. The first-order valence-corrected chi connectivity index (χ1v) is 16.7. The summed E-state index contributed by atoms with van der Waals surface area (Å²) in [4.78, 5) is 10.1. The Morgan fingerprint density at radius 2 is 1.03 bits per heavy atom. The van der Waals surface area contributed by atoms with E-state index in [1.54, 1.807) is 12.1 Å². The van der Waals surface area contributed by atoms with Crippen LogP contribution in [-0.4, -0.2) is 21.6 Å². The molecule has 0 radical (unpaired) electrons. The normalized spacial score (nSPS) is 12.4. The van der Waals surface area contributed by atoms with Crippen molar-refractivity contribution in [1.82, 2.24) is 0 Å². The Morgan fingerprint density at radius 1 is 0.719 bits per heavy atom. The Morgan fingerprint density at radius 3 is 1.31 bits per heavy atom. The monoisotopic (exact) mass is 476 g/mol. The van der Waals surface area contributed by atoms with Crippen LogP contribution in [0.15, 0.2) is 48.5 Å². The molecule has 0 saturated carbocycles. The van der Waals surface area contributed by atoms with Gasteiger partial charge in [-0.1, -0.05) is 41.5 Å². The molecule has 0 fully saturated rings. The van der Waals surface area contributed by atoms with Crippen molar-refractivity contribution in [3.05, 3.63) is 58.6 Å². The van der Waals surface area contributed by atoms with Crippen LogP contribution in [0, 0.1) is 10.1 Å². The molecule has 0 aliphatic rings. The molecular formula is C24H40N2O4Si2. The third-order valence-corrected chi connectivity index (χ3v) is 15.0. The van der Waals surface area contributed by atoms with Crippen LogP contribution in [0.2, 0.25) is 36.3 Å². The van der Waals surface area contributed by atoms with Gasteiger partial charge in [0.2, 0.25) is 16.6 Å². The van der Waals surface area contributed by atoms with Crippen molar-refractivity contribution in [3.8, 4) is 11.5 Å². The predicted molar refractivity (Wildman–Crippen MR) is 140 cm³/mol. The number of hydrogen-bond donors (Lipinski definition) is 1. The summed E-state index contributed by atoms with van der Waals surface area (Å²) < 4.78 is 12.1. The Hall–Kier alpha value is -2.33. The summed E-state index contributed by atoms with van der Waals surface area (Å²) in [5.41, 5.74) is 6.50. The van der Waals surface area contributed by atoms with E-state index < -0.39 is 21.6 Å². The van der Waals surface area contributed by atoms with Gasteiger partial charge in [0.25, 0.3) is 5.69 Å². The Bertz CT molecular complexity index is 882. The van der Waals surface area contributed by atoms with Crippen LogP contribution in [0.5, 0.6) is 11.5 Å². The standard InChI is InChI=1S/C12H19NO3Si.C12H21NOSi/c1-12(2,3)17(4,5)16-11-8-6-10(7-9-11)13(14)15;1-12(2,3)15(4,5)14-11-8-6-10(13)7-9-11/h6-9H,1-5H3;6-9H,13H2,1-5H3. The highest BCUT2D eigenvalue weighted by Gasteiger charge is 2.39. The molecule has 2 rings (SSSR count). The Kier molecular flexibility index (Phi) is 8.73. The molecule has 178 valence electrons. The highest BCUT2D eigenvalue weighted by atomic mass is 28.4. The SMILES string of the molecule is CC(C)(C)[Si](C)(C)Oc1ccc(N)cc1.CC(C)(C)[Si](C)(C)Oc1ccc([N+](=O)[O-])cc1. The van der Waals surface area contributed by atoms with Crippen LogP contribution in [0.3, 0.4) is 0 Å². The first-order chi connectivity index (χ1) is 14.4. The second-order valence-corrected chi connectivity index (χ2v) is 20.5. The van der Waals surface area contributed by atoms with Crippen LogP contribution in [-0.2, 0) is 0 Å². The zero-order valence-electron chi connectivity index (χ0n) is 21.3. The molecule has 0 spiro atoms. The smallest absolute Gasteiger partial charge is 0.269 e. The van der Waals surface area contributed by atoms with Gasteiger partial charge in [-0.3, -0.25) is 10.1 Å². The van der Waals surface area contributed by atoms with E-state index in [9.17, 15) is 10.1 Å². The number of anilines is 1. The van der Waals surface area contributed by atoms with Gasteiger partial charge in [0.1, 0.15) is 11.5 Å². The first kappa shape index (κ1) is 27.7. The quantitative estimate of drug-likeness (QED) is 0.207. The lowest BCUT2D eigenvalue weighted by atomic mass is 10.2. The van der Waals surface area contributed by atoms with Gasteiger partial charge in [-0.25, -0.2) is 0 Å². The van der Waals surface area contributed by atoms with E-state index in [2.05, 4.69) is 67.7 Å². The van der Waals surface area contributed by atoms with Crippen LogP contribution in [0.25, 0.3) is 0 Å². The third-order valence-electron chi connectivity index (χ3n) is 6.29. The average molecular weight is 477 g/mol. The maximum Gasteiger partial charge on any atom is 0.269 e. The molecule has 0 atom stereocenters. The van der Waals surface area contributed by atoms with Crippen LogP contribution in [0.4, 0.5) is 11.4 Å². The molecule has 2 aromatic rings. The number of nitrogen functional groups attached to an aromatic ring is 1. The fraction of sp³-hybridized carbons (Fsp3) is 0.500. The Labute approximate surface area is 195 Å². The maximum absolute atomic E-state index is 10.5. The van der Waals surface area contributed by atoms with Crippen molar-refractivity contribution in [1.29, 1.82) is 0 Å². The van der Waals surface area contributed by atoms with Gasteiger partial charge in [0, 0.05) is 17.8 Å². The van der Waals surface area contributed by atoms with E-state index in [0.29, 0.717) is 5.75 Å². The zero-order chi connectivity index (χ0) is 25.0. The topological polar surface area (TPSA) is 87.6 Å². The van der Waals surface area contributed by atoms with Crippen LogP contribution < -0.4 is 14.6 Å². The highest BCUT2D eigenvalue weighted by Crippen LogP contribution is 2.38. The molecule has 0 unspecified atom stereocenters. The third kappa shape index (κ3) is 7.98. The van der Waals surface area contributed by atoms with Crippen molar-refractivity contribution in [3.63, 3.8) is 0 Å². The van der Waals surface area contributed by atoms with Crippen molar-refractivity contribution in [2.24, 2.45) is 0 Å². The zero-order valence-corrected chi connectivity index (χ0v) is 23.3. The van der Waals surface area contributed by atoms with Gasteiger partial charge >= 0.3 is 0 Å². The van der Waals surface area contributed by atoms with E-state index in [4.69, 9.17) is 14.6 Å². The molecule has 0 aliphatic heterocycles. The molecule has 2 aromatic carbocycles. The number of benzene rings is 2. The molecule has 8 heteroatoms. The van der Waals surface area contributed by atoms with Crippen molar-refractivity contribution in [2.45, 2.75) is 77.8 Å². The van der Waals surface area contributed by atoms with E-state index in [1.807, 2.05) is 24.3 Å². The van der Waals surface area contributed by atoms with Gasteiger partial charge in [-0.05, 0) is 72.7 Å². The molecule has 0 aromatic heterocycles. The molecule has 0 amide bonds. The number of nitrogens with two attached hydrogens (primary N) is 1. The molecule has 32 heavy (non-hydrogen) atoms. The second kappa shape index (κ2) is 10.1. The van der Waals surface area contributed by atoms with Gasteiger partial charge in [0.05, 0.1) is 4.92 Å². The molecule has 0 aliphatic carbocycles. The lowest BCUT2D eigenvalue weighted by Gasteiger charge is -2.36. The lowest BCUT2D eigenvalue weighted by Crippen LogP contribution is -2.43. The molecule has 2 N–H and O–H groups in total. The van der Waals surface area contributed by atoms with Crippen molar-refractivity contribution < 1.29 is 13.8 Å². The number of non-ortho nitro benzene ring substituents is 1. The van der Waals surface area contributed by atoms with Crippen LogP contribution >= 0.6 is 0 Å². The molecule has 0 heterocycles. The summed E-state index contributed by atoms with van der Waals surface area (Å²) in [5.74, 6) is 1.64. The van der Waals surface area contributed by atoms with E-state index in [1.165, 1.54) is 12.1 Å². The van der Waals surface area contributed by atoms with Gasteiger partial charge < -0.3 is 14.6 Å². The Balaban J connectivity index is 0.000000323.